The van der Waals surface area contributed by atoms with Gasteiger partial charge in [0.05, 0.1) is 0 Å². The van der Waals surface area contributed by atoms with E-state index in [2.05, 4.69) is 0 Å². The number of hydrogen-bond acceptors (Lipinski definition) is 2. The average molecular weight is 206 g/mol. The second-order valence-electron chi connectivity index (χ2n) is 3.05. The summed E-state index contributed by atoms with van der Waals surface area (Å²) in [6.07, 6.45) is 3.71. The van der Waals surface area contributed by atoms with E-state index in [9.17, 15) is 0 Å². The molecule has 0 bridgehead atoms. The monoisotopic (exact) mass is 206 g/mol. The Bertz CT molecular complexity index is 274. The Morgan fingerprint density at radius 1 is 1.07 bits per heavy atom. The van der Waals surface area contributed by atoms with Gasteiger partial charge in [0.25, 0.3) is 0 Å². The number of ether oxygens (including phenoxy) is 2. The van der Waals surface area contributed by atoms with E-state index in [4.69, 9.17) is 9.47 Å². The molecule has 0 aromatic heterocycles. The Kier molecular flexibility index (Phi) is 5.74. The maximum atomic E-state index is 5.40. The number of benzene rings is 1. The van der Waals surface area contributed by atoms with Crippen LogP contribution in [0.15, 0.2) is 36.4 Å². The van der Waals surface area contributed by atoms with Crippen LogP contribution in [0.25, 0.3) is 6.08 Å². The molecular formula is C13H18O2. The van der Waals surface area contributed by atoms with Gasteiger partial charge in [-0.25, -0.2) is 0 Å². The van der Waals surface area contributed by atoms with E-state index < -0.39 is 0 Å². The van der Waals surface area contributed by atoms with Crippen LogP contribution in [0.2, 0.25) is 0 Å². The molecule has 0 saturated carbocycles. The summed E-state index contributed by atoms with van der Waals surface area (Å²) in [5, 5.41) is 0. The van der Waals surface area contributed by atoms with Gasteiger partial charge in [0.2, 0.25) is 0 Å². The predicted octanol–water partition coefficient (Wildman–Crippen LogP) is 3.10. The zero-order valence-electron chi connectivity index (χ0n) is 9.35. The van der Waals surface area contributed by atoms with Crippen molar-refractivity contribution in [2.45, 2.75) is 20.1 Å². The van der Waals surface area contributed by atoms with Gasteiger partial charge in [-0.05, 0) is 25.5 Å². The van der Waals surface area contributed by atoms with Gasteiger partial charge in [0.15, 0.2) is 6.29 Å². The second kappa shape index (κ2) is 7.21. The molecule has 0 saturated heterocycles. The Hall–Kier alpha value is -1.12. The molecule has 1 aromatic carbocycles. The molecule has 2 heteroatoms. The van der Waals surface area contributed by atoms with Crippen molar-refractivity contribution in [3.8, 4) is 0 Å². The van der Waals surface area contributed by atoms with Crippen LogP contribution in [0.3, 0.4) is 0 Å². The highest BCUT2D eigenvalue weighted by molar-refractivity contribution is 5.48. The lowest BCUT2D eigenvalue weighted by Gasteiger charge is -2.12. The summed E-state index contributed by atoms with van der Waals surface area (Å²) >= 11 is 0. The van der Waals surface area contributed by atoms with Crippen LogP contribution < -0.4 is 0 Å². The molecule has 0 radical (unpaired) electrons. The average Bonchev–Trinajstić information content (AvgIpc) is 2.28. The minimum absolute atomic E-state index is 0.236. The van der Waals surface area contributed by atoms with Gasteiger partial charge >= 0.3 is 0 Å². The van der Waals surface area contributed by atoms with Gasteiger partial charge in [-0.1, -0.05) is 36.4 Å². The summed E-state index contributed by atoms with van der Waals surface area (Å²) in [5.41, 5.74) is 1.15. The number of hydrogen-bond donors (Lipinski definition) is 0. The van der Waals surface area contributed by atoms with Crippen molar-refractivity contribution in [2.24, 2.45) is 0 Å². The predicted molar refractivity (Wildman–Crippen MR) is 62.5 cm³/mol. The lowest BCUT2D eigenvalue weighted by Crippen LogP contribution is -2.13. The standard InChI is InChI=1S/C13H18O2/c1-3-14-13(15-4-2)11-10-12-8-6-5-7-9-12/h5-11,13H,3-4H2,1-2H3/b11-10-. The summed E-state index contributed by atoms with van der Waals surface area (Å²) in [5.74, 6) is 0. The molecular weight excluding hydrogens is 188 g/mol. The normalized spacial score (nSPS) is 11.4. The van der Waals surface area contributed by atoms with Crippen molar-refractivity contribution in [2.75, 3.05) is 13.2 Å². The van der Waals surface area contributed by atoms with Crippen molar-refractivity contribution < 1.29 is 9.47 Å². The topological polar surface area (TPSA) is 18.5 Å². The lowest BCUT2D eigenvalue weighted by atomic mass is 10.2. The Balaban J connectivity index is 2.53. The molecule has 1 rings (SSSR count). The smallest absolute Gasteiger partial charge is 0.177 e. The summed E-state index contributed by atoms with van der Waals surface area (Å²) in [7, 11) is 0. The first-order valence-electron chi connectivity index (χ1n) is 5.33. The van der Waals surface area contributed by atoms with Crippen molar-refractivity contribution in [3.05, 3.63) is 42.0 Å². The highest BCUT2D eigenvalue weighted by atomic mass is 16.7. The highest BCUT2D eigenvalue weighted by Gasteiger charge is 2.01. The van der Waals surface area contributed by atoms with Gasteiger partial charge in [-0.3, -0.25) is 0 Å². The maximum Gasteiger partial charge on any atom is 0.177 e. The van der Waals surface area contributed by atoms with Crippen LogP contribution in [0, 0.1) is 0 Å². The fraction of sp³-hybridized carbons (Fsp3) is 0.385. The van der Waals surface area contributed by atoms with Crippen molar-refractivity contribution in [1.29, 1.82) is 0 Å². The molecule has 82 valence electrons. The Morgan fingerprint density at radius 3 is 2.20 bits per heavy atom. The van der Waals surface area contributed by atoms with Gasteiger partial charge in [0, 0.05) is 13.2 Å². The largest absolute Gasteiger partial charge is 0.349 e. The third-order valence-electron chi connectivity index (χ3n) is 1.91. The van der Waals surface area contributed by atoms with E-state index in [1.54, 1.807) is 0 Å². The van der Waals surface area contributed by atoms with E-state index in [1.807, 2.05) is 56.3 Å². The van der Waals surface area contributed by atoms with Crippen LogP contribution in [0.5, 0.6) is 0 Å². The highest BCUT2D eigenvalue weighted by Crippen LogP contribution is 2.04. The Labute approximate surface area is 91.5 Å². The zero-order valence-corrected chi connectivity index (χ0v) is 9.35. The molecule has 1 aromatic rings. The molecule has 2 nitrogen and oxygen atoms in total. The van der Waals surface area contributed by atoms with Crippen LogP contribution in [-0.4, -0.2) is 19.5 Å². The maximum absolute atomic E-state index is 5.40. The van der Waals surface area contributed by atoms with Gasteiger partial charge in [-0.2, -0.15) is 0 Å². The Morgan fingerprint density at radius 2 is 1.67 bits per heavy atom. The minimum Gasteiger partial charge on any atom is -0.349 e. The quantitative estimate of drug-likeness (QED) is 0.666. The first-order valence-corrected chi connectivity index (χ1v) is 5.33. The molecule has 0 heterocycles. The summed E-state index contributed by atoms with van der Waals surface area (Å²) in [6, 6.07) is 10.1. The molecule has 0 aliphatic rings. The van der Waals surface area contributed by atoms with Crippen molar-refractivity contribution in [3.63, 3.8) is 0 Å². The molecule has 0 amide bonds. The molecule has 15 heavy (non-hydrogen) atoms. The molecule has 0 fully saturated rings. The lowest BCUT2D eigenvalue weighted by molar-refractivity contribution is -0.103. The third kappa shape index (κ3) is 4.77. The summed E-state index contributed by atoms with van der Waals surface area (Å²) < 4.78 is 10.8. The second-order valence-corrected chi connectivity index (χ2v) is 3.05. The molecule has 0 atom stereocenters. The van der Waals surface area contributed by atoms with Crippen LogP contribution in [0.1, 0.15) is 19.4 Å². The van der Waals surface area contributed by atoms with Gasteiger partial charge in [-0.15, -0.1) is 0 Å². The molecule has 0 aliphatic heterocycles. The SMILES string of the molecule is CCOC(/C=C\c1ccccc1)OCC. The zero-order chi connectivity index (χ0) is 10.9. The fourth-order valence-corrected chi connectivity index (χ4v) is 1.24. The number of rotatable bonds is 6. The fourth-order valence-electron chi connectivity index (χ4n) is 1.24. The molecule has 0 spiro atoms. The van der Waals surface area contributed by atoms with E-state index in [0.717, 1.165) is 5.56 Å². The molecule has 0 unspecified atom stereocenters. The van der Waals surface area contributed by atoms with E-state index in [-0.39, 0.29) is 6.29 Å². The van der Waals surface area contributed by atoms with Crippen LogP contribution in [-0.2, 0) is 9.47 Å². The first-order chi connectivity index (χ1) is 7.36. The van der Waals surface area contributed by atoms with E-state index >= 15 is 0 Å². The first kappa shape index (κ1) is 12.0. The minimum atomic E-state index is -0.236. The molecule has 0 N–H and O–H groups in total. The van der Waals surface area contributed by atoms with Gasteiger partial charge < -0.3 is 9.47 Å². The summed E-state index contributed by atoms with van der Waals surface area (Å²) in [4.78, 5) is 0. The van der Waals surface area contributed by atoms with E-state index in [1.165, 1.54) is 0 Å². The summed E-state index contributed by atoms with van der Waals surface area (Å²) in [6.45, 7) is 5.23. The molecule has 0 aliphatic carbocycles. The van der Waals surface area contributed by atoms with E-state index in [0.29, 0.717) is 13.2 Å². The van der Waals surface area contributed by atoms with Gasteiger partial charge in [0.1, 0.15) is 0 Å². The van der Waals surface area contributed by atoms with Crippen molar-refractivity contribution in [1.82, 2.24) is 0 Å². The van der Waals surface area contributed by atoms with Crippen LogP contribution in [0.4, 0.5) is 0 Å². The van der Waals surface area contributed by atoms with Crippen LogP contribution >= 0.6 is 0 Å². The van der Waals surface area contributed by atoms with Crippen molar-refractivity contribution >= 4 is 6.08 Å². The third-order valence-corrected chi connectivity index (χ3v) is 1.91.